The second kappa shape index (κ2) is 7.63. The van der Waals surface area contributed by atoms with E-state index in [1.165, 1.54) is 36.2 Å². The molecule has 0 N–H and O–H groups in total. The van der Waals surface area contributed by atoms with Crippen molar-refractivity contribution < 1.29 is 9.13 Å². The molecule has 2 aromatic carbocycles. The van der Waals surface area contributed by atoms with Gasteiger partial charge < -0.3 is 4.74 Å². The van der Waals surface area contributed by atoms with Crippen LogP contribution in [0.15, 0.2) is 54.6 Å². The van der Waals surface area contributed by atoms with Crippen molar-refractivity contribution >= 4 is 11.3 Å². The first-order valence-electron chi connectivity index (χ1n) is 9.35. The van der Waals surface area contributed by atoms with Crippen LogP contribution in [0, 0.1) is 11.7 Å². The Labute approximate surface area is 158 Å². The van der Waals surface area contributed by atoms with Crippen molar-refractivity contribution in [3.05, 3.63) is 66.0 Å². The van der Waals surface area contributed by atoms with Crippen LogP contribution in [0.1, 0.15) is 31.7 Å². The second-order valence-corrected chi connectivity index (χ2v) is 8.02. The van der Waals surface area contributed by atoms with Crippen molar-refractivity contribution in [3.63, 3.8) is 0 Å². The molecule has 0 radical (unpaired) electrons. The molecule has 134 valence electrons. The van der Waals surface area contributed by atoms with E-state index in [1.807, 2.05) is 24.3 Å². The molecular formula is C23H23FOS. The van der Waals surface area contributed by atoms with Crippen molar-refractivity contribution in [3.8, 4) is 26.6 Å². The fourth-order valence-corrected chi connectivity index (χ4v) is 4.12. The van der Waals surface area contributed by atoms with Crippen LogP contribution < -0.4 is 4.74 Å². The number of hydrogen-bond acceptors (Lipinski definition) is 2. The van der Waals surface area contributed by atoms with E-state index in [-0.39, 0.29) is 5.82 Å². The van der Waals surface area contributed by atoms with E-state index >= 15 is 0 Å². The van der Waals surface area contributed by atoms with Crippen molar-refractivity contribution in [2.45, 2.75) is 32.6 Å². The number of rotatable bonds is 6. The first-order chi connectivity index (χ1) is 12.7. The quantitative estimate of drug-likeness (QED) is 0.458. The van der Waals surface area contributed by atoms with Gasteiger partial charge in [-0.05, 0) is 66.1 Å². The predicted octanol–water partition coefficient (Wildman–Crippen LogP) is 6.96. The standard InChI is InChI=1S/C23H23FOS/c1-2-16-6-8-18(9-7-16)19-10-11-20(21(24)14-19)22-12-13-23(26-22)25-15-17-4-3-5-17/h6-14,17H,2-5,15H2,1H3. The summed E-state index contributed by atoms with van der Waals surface area (Å²) in [5.74, 6) is 0.519. The van der Waals surface area contributed by atoms with E-state index in [4.69, 9.17) is 4.74 Å². The number of ether oxygens (including phenoxy) is 1. The number of benzene rings is 2. The molecule has 1 aliphatic carbocycles. The molecule has 1 fully saturated rings. The summed E-state index contributed by atoms with van der Waals surface area (Å²) in [5, 5.41) is 0.880. The maximum Gasteiger partial charge on any atom is 0.174 e. The van der Waals surface area contributed by atoms with Gasteiger partial charge in [0.1, 0.15) is 5.82 Å². The Kier molecular flexibility index (Phi) is 5.07. The van der Waals surface area contributed by atoms with E-state index < -0.39 is 0 Å². The maximum atomic E-state index is 14.7. The van der Waals surface area contributed by atoms with Gasteiger partial charge in [0, 0.05) is 10.4 Å². The summed E-state index contributed by atoms with van der Waals surface area (Å²) in [6.07, 6.45) is 4.88. The summed E-state index contributed by atoms with van der Waals surface area (Å²) >= 11 is 1.52. The molecule has 0 saturated heterocycles. The molecule has 0 aliphatic heterocycles. The van der Waals surface area contributed by atoms with Gasteiger partial charge in [-0.3, -0.25) is 0 Å². The largest absolute Gasteiger partial charge is 0.484 e. The minimum Gasteiger partial charge on any atom is -0.484 e. The lowest BCUT2D eigenvalue weighted by Gasteiger charge is -2.24. The van der Waals surface area contributed by atoms with Crippen LogP contribution in [0.2, 0.25) is 0 Å². The minimum atomic E-state index is -0.186. The van der Waals surface area contributed by atoms with Gasteiger partial charge >= 0.3 is 0 Å². The van der Waals surface area contributed by atoms with Gasteiger partial charge in [-0.2, -0.15) is 0 Å². The van der Waals surface area contributed by atoms with Gasteiger partial charge in [-0.15, -0.1) is 0 Å². The van der Waals surface area contributed by atoms with Gasteiger partial charge in [0.05, 0.1) is 6.61 Å². The summed E-state index contributed by atoms with van der Waals surface area (Å²) in [7, 11) is 0. The van der Waals surface area contributed by atoms with Crippen LogP contribution in [-0.4, -0.2) is 6.61 Å². The third-order valence-electron chi connectivity index (χ3n) is 5.20. The fraction of sp³-hybridized carbons (Fsp3) is 0.304. The average molecular weight is 367 g/mol. The van der Waals surface area contributed by atoms with Gasteiger partial charge in [-0.1, -0.05) is 55.0 Å². The molecule has 3 aromatic rings. The number of halogens is 1. The minimum absolute atomic E-state index is 0.186. The Bertz CT molecular complexity index is 877. The summed E-state index contributed by atoms with van der Waals surface area (Å²) in [6.45, 7) is 2.92. The summed E-state index contributed by atoms with van der Waals surface area (Å²) in [6, 6.07) is 17.7. The highest BCUT2D eigenvalue weighted by atomic mass is 32.1. The highest BCUT2D eigenvalue weighted by molar-refractivity contribution is 7.17. The lowest BCUT2D eigenvalue weighted by Crippen LogP contribution is -2.18. The first kappa shape index (κ1) is 17.3. The topological polar surface area (TPSA) is 9.23 Å². The number of thiophene rings is 1. The molecule has 0 spiro atoms. The van der Waals surface area contributed by atoms with Gasteiger partial charge in [0.2, 0.25) is 0 Å². The Hall–Kier alpha value is -2.13. The van der Waals surface area contributed by atoms with Crippen LogP contribution >= 0.6 is 11.3 Å². The molecule has 1 saturated carbocycles. The molecule has 4 rings (SSSR count). The molecule has 3 heteroatoms. The van der Waals surface area contributed by atoms with Crippen molar-refractivity contribution in [2.24, 2.45) is 5.92 Å². The van der Waals surface area contributed by atoms with Gasteiger partial charge in [0.25, 0.3) is 0 Å². The molecule has 1 aliphatic rings. The smallest absolute Gasteiger partial charge is 0.174 e. The molecule has 0 unspecified atom stereocenters. The molecular weight excluding hydrogens is 343 g/mol. The monoisotopic (exact) mass is 366 g/mol. The maximum absolute atomic E-state index is 14.7. The van der Waals surface area contributed by atoms with Gasteiger partial charge in [0.15, 0.2) is 5.06 Å². The van der Waals surface area contributed by atoms with Crippen molar-refractivity contribution in [1.82, 2.24) is 0 Å². The van der Waals surface area contributed by atoms with Crippen molar-refractivity contribution in [1.29, 1.82) is 0 Å². The third-order valence-corrected chi connectivity index (χ3v) is 6.23. The highest BCUT2D eigenvalue weighted by Gasteiger charge is 2.18. The summed E-state index contributed by atoms with van der Waals surface area (Å²) in [4.78, 5) is 0.916. The lowest BCUT2D eigenvalue weighted by molar-refractivity contribution is 0.184. The van der Waals surface area contributed by atoms with Crippen LogP contribution in [0.3, 0.4) is 0 Å². The molecule has 26 heavy (non-hydrogen) atoms. The zero-order chi connectivity index (χ0) is 17.9. The lowest BCUT2D eigenvalue weighted by atomic mass is 9.86. The highest BCUT2D eigenvalue weighted by Crippen LogP contribution is 2.37. The zero-order valence-electron chi connectivity index (χ0n) is 15.0. The zero-order valence-corrected chi connectivity index (χ0v) is 15.8. The molecule has 0 bridgehead atoms. The van der Waals surface area contributed by atoms with E-state index in [0.29, 0.717) is 11.5 Å². The van der Waals surface area contributed by atoms with Crippen LogP contribution in [0.25, 0.3) is 21.6 Å². The Morgan fingerprint density at radius 1 is 1.00 bits per heavy atom. The van der Waals surface area contributed by atoms with E-state index in [0.717, 1.165) is 34.1 Å². The summed E-state index contributed by atoms with van der Waals surface area (Å²) in [5.41, 5.74) is 3.89. The predicted molar refractivity (Wildman–Crippen MR) is 107 cm³/mol. The molecule has 1 nitrogen and oxygen atoms in total. The normalized spacial score (nSPS) is 14.2. The van der Waals surface area contributed by atoms with E-state index in [1.54, 1.807) is 6.07 Å². The Balaban J connectivity index is 1.51. The summed E-state index contributed by atoms with van der Waals surface area (Å²) < 4.78 is 20.6. The number of aryl methyl sites for hydroxylation is 1. The third kappa shape index (κ3) is 3.68. The molecule has 1 heterocycles. The van der Waals surface area contributed by atoms with Crippen LogP contribution in [-0.2, 0) is 6.42 Å². The average Bonchev–Trinajstić information content (AvgIpc) is 3.09. The van der Waals surface area contributed by atoms with Crippen LogP contribution in [0.5, 0.6) is 5.06 Å². The van der Waals surface area contributed by atoms with Crippen LogP contribution in [0.4, 0.5) is 4.39 Å². The first-order valence-corrected chi connectivity index (χ1v) is 10.2. The molecule has 1 aromatic heterocycles. The fourth-order valence-electron chi connectivity index (χ4n) is 3.23. The molecule has 0 atom stereocenters. The SMILES string of the molecule is CCc1ccc(-c2ccc(-c3ccc(OCC4CCC4)s3)c(F)c2)cc1. The second-order valence-electron chi connectivity index (χ2n) is 6.97. The van der Waals surface area contributed by atoms with E-state index in [2.05, 4.69) is 31.2 Å². The van der Waals surface area contributed by atoms with E-state index in [9.17, 15) is 4.39 Å². The Morgan fingerprint density at radius 2 is 1.77 bits per heavy atom. The molecule has 0 amide bonds. The Morgan fingerprint density at radius 3 is 2.42 bits per heavy atom. The van der Waals surface area contributed by atoms with Gasteiger partial charge in [-0.25, -0.2) is 4.39 Å². The number of hydrogen-bond donors (Lipinski definition) is 0. The van der Waals surface area contributed by atoms with Crippen molar-refractivity contribution in [2.75, 3.05) is 6.61 Å².